The van der Waals surface area contributed by atoms with Crippen LogP contribution in [0.1, 0.15) is 97.4 Å². The molecule has 2 fully saturated rings. The molecule has 0 aliphatic heterocycles. The number of pyridine rings is 2. The molecule has 4 heterocycles. The van der Waals surface area contributed by atoms with Gasteiger partial charge in [0, 0.05) is 39.4 Å². The SMILES string of the molecule is Cc1c(C2CCCC2)c2[nH]c3cc(Cc4c(C5CCCCC5)c5[nH]c6ccccc6c5[nH]c4=O)ccc3c2[nH]c1=O. The zero-order chi connectivity index (χ0) is 27.7. The van der Waals surface area contributed by atoms with E-state index in [0.29, 0.717) is 18.3 Å². The summed E-state index contributed by atoms with van der Waals surface area (Å²) in [6.45, 7) is 1.96. The molecule has 2 aliphatic rings. The average molecular weight is 545 g/mol. The molecular weight excluding hydrogens is 508 g/mol. The maximum absolute atomic E-state index is 13.8. The van der Waals surface area contributed by atoms with Crippen LogP contribution in [0.5, 0.6) is 0 Å². The second-order valence-corrected chi connectivity index (χ2v) is 12.5. The van der Waals surface area contributed by atoms with Crippen molar-refractivity contribution in [3.8, 4) is 0 Å². The summed E-state index contributed by atoms with van der Waals surface area (Å²) in [4.78, 5) is 40.5. The number of hydrogen-bond acceptors (Lipinski definition) is 2. The van der Waals surface area contributed by atoms with Crippen LogP contribution >= 0.6 is 0 Å². The lowest BCUT2D eigenvalue weighted by molar-refractivity contribution is 0.443. The maximum Gasteiger partial charge on any atom is 0.252 e. The van der Waals surface area contributed by atoms with E-state index in [2.05, 4.69) is 50.3 Å². The number of aromatic nitrogens is 4. The van der Waals surface area contributed by atoms with Gasteiger partial charge in [0.25, 0.3) is 11.1 Å². The first-order chi connectivity index (χ1) is 20.1. The van der Waals surface area contributed by atoms with Gasteiger partial charge in [-0.25, -0.2) is 0 Å². The molecule has 208 valence electrons. The van der Waals surface area contributed by atoms with Gasteiger partial charge in [-0.15, -0.1) is 0 Å². The molecule has 6 heteroatoms. The third-order valence-electron chi connectivity index (χ3n) is 10.1. The first-order valence-electron chi connectivity index (χ1n) is 15.4. The van der Waals surface area contributed by atoms with Gasteiger partial charge < -0.3 is 19.9 Å². The molecule has 0 radical (unpaired) electrons. The van der Waals surface area contributed by atoms with E-state index in [-0.39, 0.29) is 11.1 Å². The minimum absolute atomic E-state index is 0.0136. The molecule has 8 rings (SSSR count). The Labute approximate surface area is 237 Å². The molecule has 2 aliphatic carbocycles. The van der Waals surface area contributed by atoms with Crippen LogP contribution in [0.4, 0.5) is 0 Å². The van der Waals surface area contributed by atoms with Gasteiger partial charge in [0.1, 0.15) is 0 Å². The monoisotopic (exact) mass is 544 g/mol. The lowest BCUT2D eigenvalue weighted by Gasteiger charge is -2.25. The van der Waals surface area contributed by atoms with Gasteiger partial charge in [-0.2, -0.15) is 0 Å². The van der Waals surface area contributed by atoms with Crippen molar-refractivity contribution in [3.05, 3.63) is 91.0 Å². The fourth-order valence-corrected chi connectivity index (χ4v) is 8.09. The van der Waals surface area contributed by atoms with Gasteiger partial charge in [0.15, 0.2) is 0 Å². The molecule has 4 aromatic heterocycles. The van der Waals surface area contributed by atoms with Crippen LogP contribution in [-0.2, 0) is 6.42 Å². The lowest BCUT2D eigenvalue weighted by atomic mass is 9.81. The van der Waals surface area contributed by atoms with Gasteiger partial charge >= 0.3 is 0 Å². The normalized spacial score (nSPS) is 17.1. The standard InChI is InChI=1S/C35H36N4O2/c1-19-28(21-11-5-6-12-21)32-31(38-34(19)40)24-16-15-20(18-27(24)37-32)17-25-29(22-9-3-2-4-10-22)33-30(39-35(25)41)23-13-7-8-14-26(23)36-33/h7-8,13-16,18,21-22,36-37H,2-6,9-12,17H2,1H3,(H,38,40)(H,39,41). The van der Waals surface area contributed by atoms with E-state index >= 15 is 0 Å². The summed E-state index contributed by atoms with van der Waals surface area (Å²) in [5, 5.41) is 2.11. The van der Waals surface area contributed by atoms with E-state index in [1.54, 1.807) is 0 Å². The predicted octanol–water partition coefficient (Wildman–Crippen LogP) is 7.94. The van der Waals surface area contributed by atoms with E-state index in [1.807, 2.05) is 19.1 Å². The summed E-state index contributed by atoms with van der Waals surface area (Å²) < 4.78 is 0. The number of nitrogens with one attached hydrogen (secondary N) is 4. The first-order valence-corrected chi connectivity index (χ1v) is 15.4. The zero-order valence-corrected chi connectivity index (χ0v) is 23.6. The molecule has 6 nitrogen and oxygen atoms in total. The van der Waals surface area contributed by atoms with E-state index < -0.39 is 0 Å². The summed E-state index contributed by atoms with van der Waals surface area (Å²) in [6, 6.07) is 14.7. The van der Waals surface area contributed by atoms with E-state index in [0.717, 1.165) is 86.2 Å². The van der Waals surface area contributed by atoms with Crippen molar-refractivity contribution in [2.24, 2.45) is 0 Å². The summed E-state index contributed by atoms with van der Waals surface area (Å²) in [5.74, 6) is 0.822. The molecule has 0 amide bonds. The van der Waals surface area contributed by atoms with Crippen molar-refractivity contribution in [2.45, 2.75) is 83.0 Å². The Morgan fingerprint density at radius 1 is 0.634 bits per heavy atom. The molecule has 41 heavy (non-hydrogen) atoms. The molecule has 0 bridgehead atoms. The second-order valence-electron chi connectivity index (χ2n) is 12.5. The highest BCUT2D eigenvalue weighted by Crippen LogP contribution is 2.41. The number of hydrogen-bond donors (Lipinski definition) is 4. The molecule has 4 N–H and O–H groups in total. The Morgan fingerprint density at radius 2 is 1.24 bits per heavy atom. The Balaban J connectivity index is 1.29. The van der Waals surface area contributed by atoms with Crippen molar-refractivity contribution in [1.82, 2.24) is 19.9 Å². The summed E-state index contributed by atoms with van der Waals surface area (Å²) in [6.07, 6.45) is 11.2. The minimum atomic E-state index is 0.0136. The summed E-state index contributed by atoms with van der Waals surface area (Å²) in [5.41, 5.74) is 11.3. The van der Waals surface area contributed by atoms with Crippen LogP contribution in [0, 0.1) is 6.92 Å². The first kappa shape index (κ1) is 24.7. The third-order valence-corrected chi connectivity index (χ3v) is 10.1. The van der Waals surface area contributed by atoms with Crippen molar-refractivity contribution < 1.29 is 0 Å². The van der Waals surface area contributed by atoms with Crippen LogP contribution < -0.4 is 11.1 Å². The molecule has 6 aromatic rings. The van der Waals surface area contributed by atoms with E-state index in [9.17, 15) is 9.59 Å². The fraction of sp³-hybridized carbons (Fsp3) is 0.371. The van der Waals surface area contributed by atoms with Crippen molar-refractivity contribution in [3.63, 3.8) is 0 Å². The summed E-state index contributed by atoms with van der Waals surface area (Å²) in [7, 11) is 0. The number of fused-ring (bicyclic) bond motifs is 6. The van der Waals surface area contributed by atoms with Crippen molar-refractivity contribution in [2.75, 3.05) is 0 Å². The molecule has 0 unspecified atom stereocenters. The maximum atomic E-state index is 13.8. The molecule has 0 atom stereocenters. The number of benzene rings is 2. The number of para-hydroxylation sites is 1. The Morgan fingerprint density at radius 3 is 2.02 bits per heavy atom. The van der Waals surface area contributed by atoms with Crippen LogP contribution in [-0.4, -0.2) is 19.9 Å². The number of H-pyrrole nitrogens is 4. The van der Waals surface area contributed by atoms with Crippen LogP contribution in [0.2, 0.25) is 0 Å². The highest BCUT2D eigenvalue weighted by Gasteiger charge is 2.27. The average Bonchev–Trinajstić information content (AvgIpc) is 3.72. The largest absolute Gasteiger partial charge is 0.353 e. The Hall–Kier alpha value is -4.06. The van der Waals surface area contributed by atoms with Gasteiger partial charge in [0.05, 0.1) is 22.1 Å². The molecular formula is C35H36N4O2. The van der Waals surface area contributed by atoms with Gasteiger partial charge in [-0.05, 0) is 73.3 Å². The molecule has 2 aromatic carbocycles. The van der Waals surface area contributed by atoms with Gasteiger partial charge in [-0.1, -0.05) is 62.4 Å². The fourth-order valence-electron chi connectivity index (χ4n) is 8.09. The Kier molecular flexibility index (Phi) is 5.73. The predicted molar refractivity (Wildman–Crippen MR) is 167 cm³/mol. The van der Waals surface area contributed by atoms with E-state index in [1.165, 1.54) is 43.2 Å². The zero-order valence-electron chi connectivity index (χ0n) is 23.6. The third kappa shape index (κ3) is 3.91. The quantitative estimate of drug-likeness (QED) is 0.181. The Bertz CT molecular complexity index is 2080. The second kappa shape index (κ2) is 9.51. The molecule has 2 saturated carbocycles. The van der Waals surface area contributed by atoms with Crippen molar-refractivity contribution in [1.29, 1.82) is 0 Å². The highest BCUT2D eigenvalue weighted by atomic mass is 16.1. The van der Waals surface area contributed by atoms with E-state index in [4.69, 9.17) is 0 Å². The molecule has 0 spiro atoms. The minimum Gasteiger partial charge on any atom is -0.353 e. The van der Waals surface area contributed by atoms with Crippen LogP contribution in [0.25, 0.3) is 43.9 Å². The lowest BCUT2D eigenvalue weighted by Crippen LogP contribution is -2.20. The van der Waals surface area contributed by atoms with Crippen LogP contribution in [0.3, 0.4) is 0 Å². The highest BCUT2D eigenvalue weighted by molar-refractivity contribution is 6.07. The molecule has 0 saturated heterocycles. The van der Waals surface area contributed by atoms with Gasteiger partial charge in [-0.3, -0.25) is 9.59 Å². The van der Waals surface area contributed by atoms with Gasteiger partial charge in [0.2, 0.25) is 0 Å². The van der Waals surface area contributed by atoms with Crippen molar-refractivity contribution >= 4 is 43.9 Å². The summed E-state index contributed by atoms with van der Waals surface area (Å²) >= 11 is 0. The smallest absolute Gasteiger partial charge is 0.252 e. The van der Waals surface area contributed by atoms with Crippen LogP contribution in [0.15, 0.2) is 52.1 Å². The number of rotatable bonds is 4. The number of aromatic amines is 4. The topological polar surface area (TPSA) is 97.3 Å².